The topological polar surface area (TPSA) is 105 Å². The number of nitriles is 1. The van der Waals surface area contributed by atoms with Gasteiger partial charge in [-0.1, -0.05) is 48.0 Å². The van der Waals surface area contributed by atoms with Gasteiger partial charge in [-0.3, -0.25) is 9.59 Å². The van der Waals surface area contributed by atoms with Gasteiger partial charge in [-0.05, 0) is 26.3 Å². The highest BCUT2D eigenvalue weighted by Gasteiger charge is 2.59. The molecule has 0 fully saturated rings. The standard InChI is InChI=1S/C23H19N3O3/c1-12-9-13(2)19-16(10-12)23(22(28)26-19)17(11-24)21(25)29-14(3)18(23)20(27)15-7-5-4-6-8-15/h4-10H,25H2,1-3H3,(H,26,28). The van der Waals surface area contributed by atoms with E-state index in [4.69, 9.17) is 10.5 Å². The highest BCUT2D eigenvalue weighted by Crippen LogP contribution is 2.53. The number of nitrogens with zero attached hydrogens (tertiary/aromatic N) is 1. The number of Topliss-reactive ketones (excluding diaryl/α,β-unsaturated/α-hetero) is 1. The van der Waals surface area contributed by atoms with Gasteiger partial charge in [-0.15, -0.1) is 0 Å². The lowest BCUT2D eigenvalue weighted by Crippen LogP contribution is -2.45. The Labute approximate surface area is 168 Å². The molecule has 2 heterocycles. The molecule has 0 aromatic heterocycles. The van der Waals surface area contributed by atoms with E-state index in [2.05, 4.69) is 5.32 Å². The predicted molar refractivity (Wildman–Crippen MR) is 108 cm³/mol. The number of allylic oxidation sites excluding steroid dienone is 1. The van der Waals surface area contributed by atoms with Crippen LogP contribution in [0.4, 0.5) is 5.69 Å². The summed E-state index contributed by atoms with van der Waals surface area (Å²) in [6, 6.07) is 14.4. The number of carbonyl (C=O) groups is 2. The highest BCUT2D eigenvalue weighted by atomic mass is 16.5. The molecular formula is C23H19N3O3. The molecule has 1 amide bonds. The number of aryl methyl sites for hydroxylation is 2. The van der Waals surface area contributed by atoms with Crippen molar-refractivity contribution in [3.05, 3.63) is 87.5 Å². The normalized spacial score (nSPS) is 20.3. The summed E-state index contributed by atoms with van der Waals surface area (Å²) < 4.78 is 5.57. The van der Waals surface area contributed by atoms with E-state index in [9.17, 15) is 14.9 Å². The summed E-state index contributed by atoms with van der Waals surface area (Å²) in [6.45, 7) is 5.36. The number of rotatable bonds is 2. The lowest BCUT2D eigenvalue weighted by molar-refractivity contribution is -0.118. The molecule has 0 saturated heterocycles. The van der Waals surface area contributed by atoms with E-state index < -0.39 is 11.3 Å². The Morgan fingerprint density at radius 2 is 1.86 bits per heavy atom. The summed E-state index contributed by atoms with van der Waals surface area (Å²) in [7, 11) is 0. The summed E-state index contributed by atoms with van der Waals surface area (Å²) in [5, 5.41) is 12.8. The van der Waals surface area contributed by atoms with Crippen molar-refractivity contribution in [2.24, 2.45) is 5.73 Å². The monoisotopic (exact) mass is 385 g/mol. The van der Waals surface area contributed by atoms with Gasteiger partial charge in [-0.2, -0.15) is 5.26 Å². The van der Waals surface area contributed by atoms with Gasteiger partial charge in [0.25, 0.3) is 0 Å². The second kappa shape index (κ2) is 6.35. The van der Waals surface area contributed by atoms with Crippen LogP contribution in [-0.4, -0.2) is 11.7 Å². The molecule has 0 saturated carbocycles. The van der Waals surface area contributed by atoms with E-state index in [-0.39, 0.29) is 28.6 Å². The molecule has 6 heteroatoms. The Morgan fingerprint density at radius 3 is 2.52 bits per heavy atom. The third-order valence-electron chi connectivity index (χ3n) is 5.45. The van der Waals surface area contributed by atoms with Gasteiger partial charge < -0.3 is 15.8 Å². The highest BCUT2D eigenvalue weighted by molar-refractivity contribution is 6.22. The fraction of sp³-hybridized carbons (Fsp3) is 0.174. The van der Waals surface area contributed by atoms with Crippen molar-refractivity contribution in [3.8, 4) is 6.07 Å². The minimum atomic E-state index is -1.65. The van der Waals surface area contributed by atoms with Crippen LogP contribution in [0.5, 0.6) is 0 Å². The number of nitrogens with two attached hydrogens (primary N) is 1. The largest absolute Gasteiger partial charge is 0.445 e. The van der Waals surface area contributed by atoms with Gasteiger partial charge in [0.1, 0.15) is 22.8 Å². The molecule has 2 aromatic rings. The van der Waals surface area contributed by atoms with Crippen molar-refractivity contribution in [2.75, 3.05) is 5.32 Å². The van der Waals surface area contributed by atoms with Crippen LogP contribution in [0.3, 0.4) is 0 Å². The minimum Gasteiger partial charge on any atom is -0.445 e. The first-order valence-electron chi connectivity index (χ1n) is 9.14. The molecule has 0 aliphatic carbocycles. The molecule has 144 valence electrons. The lowest BCUT2D eigenvalue weighted by Gasteiger charge is -2.34. The first kappa shape index (κ1) is 18.5. The molecular weight excluding hydrogens is 366 g/mol. The number of carbonyl (C=O) groups excluding carboxylic acids is 2. The van der Waals surface area contributed by atoms with Crippen molar-refractivity contribution < 1.29 is 14.3 Å². The number of benzene rings is 2. The summed E-state index contributed by atoms with van der Waals surface area (Å²) >= 11 is 0. The number of amides is 1. The van der Waals surface area contributed by atoms with Gasteiger partial charge in [-0.25, -0.2) is 0 Å². The summed E-state index contributed by atoms with van der Waals surface area (Å²) in [4.78, 5) is 27.1. The van der Waals surface area contributed by atoms with E-state index in [1.807, 2.05) is 32.0 Å². The van der Waals surface area contributed by atoms with Crippen LogP contribution in [-0.2, 0) is 14.9 Å². The van der Waals surface area contributed by atoms with E-state index in [0.717, 1.165) is 11.1 Å². The minimum absolute atomic E-state index is 0.0800. The molecule has 3 N–H and O–H groups in total. The molecule has 4 rings (SSSR count). The maximum Gasteiger partial charge on any atom is 0.245 e. The molecule has 29 heavy (non-hydrogen) atoms. The second-order valence-electron chi connectivity index (χ2n) is 7.29. The number of ketones is 1. The van der Waals surface area contributed by atoms with Gasteiger partial charge in [0.2, 0.25) is 11.8 Å². The van der Waals surface area contributed by atoms with E-state index in [1.54, 1.807) is 37.3 Å². The zero-order valence-corrected chi connectivity index (χ0v) is 16.3. The van der Waals surface area contributed by atoms with Gasteiger partial charge in [0.15, 0.2) is 5.78 Å². The number of nitrogens with one attached hydrogen (secondary N) is 1. The quantitative estimate of drug-likeness (QED) is 0.771. The Balaban J connectivity index is 2.10. The molecule has 2 aliphatic heterocycles. The molecule has 1 unspecified atom stereocenters. The Morgan fingerprint density at radius 1 is 1.17 bits per heavy atom. The van der Waals surface area contributed by atoms with E-state index >= 15 is 0 Å². The van der Waals surface area contributed by atoms with Crippen molar-refractivity contribution in [1.82, 2.24) is 0 Å². The fourth-order valence-corrected chi connectivity index (χ4v) is 4.30. The third kappa shape index (κ3) is 2.41. The van der Waals surface area contributed by atoms with Crippen LogP contribution in [0.2, 0.25) is 0 Å². The zero-order valence-electron chi connectivity index (χ0n) is 16.3. The summed E-state index contributed by atoms with van der Waals surface area (Å²) in [6.07, 6.45) is 0. The molecule has 1 atom stereocenters. The number of ether oxygens (including phenoxy) is 1. The van der Waals surface area contributed by atoms with Gasteiger partial charge in [0.05, 0.1) is 5.57 Å². The molecule has 1 spiro atoms. The van der Waals surface area contributed by atoms with Crippen LogP contribution < -0.4 is 11.1 Å². The Hall–Kier alpha value is -3.85. The van der Waals surface area contributed by atoms with Crippen molar-refractivity contribution in [1.29, 1.82) is 5.26 Å². The first-order chi connectivity index (χ1) is 13.8. The number of anilines is 1. The molecule has 6 nitrogen and oxygen atoms in total. The smallest absolute Gasteiger partial charge is 0.245 e. The van der Waals surface area contributed by atoms with Crippen LogP contribution >= 0.6 is 0 Å². The number of hydrogen-bond acceptors (Lipinski definition) is 5. The summed E-state index contributed by atoms with van der Waals surface area (Å²) in [5.74, 6) is -0.831. The Kier molecular flexibility index (Phi) is 4.05. The van der Waals surface area contributed by atoms with Crippen LogP contribution in [0, 0.1) is 25.2 Å². The van der Waals surface area contributed by atoms with Crippen LogP contribution in [0.15, 0.2) is 65.3 Å². The molecule has 2 aromatic carbocycles. The summed E-state index contributed by atoms with van der Waals surface area (Å²) in [5.41, 5.74) is 7.70. The maximum atomic E-state index is 13.6. The van der Waals surface area contributed by atoms with E-state index in [1.165, 1.54) is 0 Å². The maximum absolute atomic E-state index is 13.6. The number of hydrogen-bond donors (Lipinski definition) is 2. The second-order valence-corrected chi connectivity index (χ2v) is 7.29. The van der Waals surface area contributed by atoms with E-state index in [0.29, 0.717) is 16.8 Å². The van der Waals surface area contributed by atoms with Crippen molar-refractivity contribution in [3.63, 3.8) is 0 Å². The molecule has 0 radical (unpaired) electrons. The number of fused-ring (bicyclic) bond motifs is 2. The first-order valence-corrected chi connectivity index (χ1v) is 9.14. The SMILES string of the molecule is CC1=C(C(=O)c2ccccc2)C2(C(=O)Nc3c(C)cc(C)cc32)C(C#N)=C(N)O1. The third-order valence-corrected chi connectivity index (χ3v) is 5.45. The molecule has 0 bridgehead atoms. The van der Waals surface area contributed by atoms with Crippen molar-refractivity contribution >= 4 is 17.4 Å². The average Bonchev–Trinajstić information content (AvgIpc) is 2.96. The van der Waals surface area contributed by atoms with Gasteiger partial charge >= 0.3 is 0 Å². The van der Waals surface area contributed by atoms with Crippen LogP contribution in [0.25, 0.3) is 0 Å². The van der Waals surface area contributed by atoms with Crippen LogP contribution in [0.1, 0.15) is 34.0 Å². The van der Waals surface area contributed by atoms with Gasteiger partial charge in [0, 0.05) is 16.8 Å². The fourth-order valence-electron chi connectivity index (χ4n) is 4.30. The van der Waals surface area contributed by atoms with Crippen molar-refractivity contribution in [2.45, 2.75) is 26.2 Å². The molecule has 2 aliphatic rings. The Bertz CT molecular complexity index is 1190. The average molecular weight is 385 g/mol. The predicted octanol–water partition coefficient (Wildman–Crippen LogP) is 3.37. The zero-order chi connectivity index (χ0) is 20.9. The lowest BCUT2D eigenvalue weighted by atomic mass is 9.66.